The Kier molecular flexibility index (Phi) is 7.31. The van der Waals surface area contributed by atoms with Gasteiger partial charge in [-0.1, -0.05) is 69.0 Å². The number of amides is 1. The molecule has 1 heterocycles. The second-order valence-corrected chi connectivity index (χ2v) is 11.3. The van der Waals surface area contributed by atoms with E-state index >= 15 is 0 Å². The maximum absolute atomic E-state index is 14.2. The molecule has 1 amide bonds. The first-order chi connectivity index (χ1) is 17.0. The third kappa shape index (κ3) is 4.69. The van der Waals surface area contributed by atoms with Gasteiger partial charge in [0.1, 0.15) is 11.5 Å². The highest BCUT2D eigenvalue weighted by atomic mass is 16.5. The molecule has 0 bridgehead atoms. The Labute approximate surface area is 214 Å². The Morgan fingerprint density at radius 3 is 2.58 bits per heavy atom. The largest absolute Gasteiger partial charge is 0.457 e. The van der Waals surface area contributed by atoms with Gasteiger partial charge in [-0.05, 0) is 55.2 Å². The van der Waals surface area contributed by atoms with Gasteiger partial charge in [0.05, 0.1) is 11.7 Å². The summed E-state index contributed by atoms with van der Waals surface area (Å²) in [6.45, 7) is 11.3. The van der Waals surface area contributed by atoms with Crippen molar-refractivity contribution in [2.24, 2.45) is 29.1 Å². The van der Waals surface area contributed by atoms with Gasteiger partial charge in [0.2, 0.25) is 5.91 Å². The second-order valence-electron chi connectivity index (χ2n) is 11.3. The van der Waals surface area contributed by atoms with Crippen LogP contribution in [0.5, 0.6) is 0 Å². The molecule has 0 radical (unpaired) electrons. The van der Waals surface area contributed by atoms with Crippen LogP contribution in [0.25, 0.3) is 0 Å². The van der Waals surface area contributed by atoms with E-state index in [2.05, 4.69) is 18.8 Å². The Morgan fingerprint density at radius 1 is 1.22 bits per heavy atom. The molecular formula is C30H39NO5. The van der Waals surface area contributed by atoms with Gasteiger partial charge in [-0.15, -0.1) is 0 Å². The zero-order valence-corrected chi connectivity index (χ0v) is 21.7. The van der Waals surface area contributed by atoms with Crippen molar-refractivity contribution in [2.45, 2.75) is 70.8 Å². The molecule has 1 aromatic rings. The van der Waals surface area contributed by atoms with Gasteiger partial charge in [0.25, 0.3) is 0 Å². The average Bonchev–Trinajstić information content (AvgIpc) is 3.08. The van der Waals surface area contributed by atoms with Crippen LogP contribution in [-0.2, 0) is 20.7 Å². The Morgan fingerprint density at radius 2 is 1.92 bits per heavy atom. The minimum atomic E-state index is -1.26. The summed E-state index contributed by atoms with van der Waals surface area (Å²) in [7, 11) is 0. The molecule has 2 fully saturated rings. The summed E-state index contributed by atoms with van der Waals surface area (Å²) in [5, 5.41) is 25.8. The highest BCUT2D eigenvalue weighted by molar-refractivity contribution is 5.89. The molecule has 0 aromatic heterocycles. The number of hydrogen-bond acceptors (Lipinski definition) is 5. The smallest absolute Gasteiger partial charge is 0.303 e. The number of aliphatic hydroxyl groups excluding tert-OH is 1. The van der Waals surface area contributed by atoms with Gasteiger partial charge < -0.3 is 20.3 Å². The van der Waals surface area contributed by atoms with E-state index in [9.17, 15) is 19.8 Å². The van der Waals surface area contributed by atoms with Crippen LogP contribution < -0.4 is 5.32 Å². The van der Waals surface area contributed by atoms with Crippen LogP contribution >= 0.6 is 0 Å². The SMILES string of the molecule is C=C1[C@@H](C)[C@H]2[C@H](Cc3ccccc3)NC(=O)[C@]23[C@H](OC(C)=O)/C=C/[C@](C)(O)C[C@@H](C)C/C=C/[C@H]3[C@@H]1O. The predicted molar refractivity (Wildman–Crippen MR) is 139 cm³/mol. The van der Waals surface area contributed by atoms with Gasteiger partial charge in [-0.2, -0.15) is 0 Å². The molecule has 1 aromatic carbocycles. The van der Waals surface area contributed by atoms with Crippen molar-refractivity contribution in [2.75, 3.05) is 0 Å². The summed E-state index contributed by atoms with van der Waals surface area (Å²) < 4.78 is 5.89. The zero-order chi connectivity index (χ0) is 26.3. The van der Waals surface area contributed by atoms with E-state index < -0.39 is 35.1 Å². The average molecular weight is 494 g/mol. The van der Waals surface area contributed by atoms with Crippen LogP contribution in [0.4, 0.5) is 0 Å². The lowest BCUT2D eigenvalue weighted by Gasteiger charge is -2.52. The zero-order valence-electron chi connectivity index (χ0n) is 21.7. The van der Waals surface area contributed by atoms with Crippen molar-refractivity contribution in [3.05, 3.63) is 72.4 Å². The molecule has 1 saturated carbocycles. The van der Waals surface area contributed by atoms with E-state index in [1.54, 1.807) is 19.1 Å². The molecular weight excluding hydrogens is 454 g/mol. The van der Waals surface area contributed by atoms with Crippen LogP contribution in [0.2, 0.25) is 0 Å². The lowest BCUT2D eigenvalue weighted by Crippen LogP contribution is -2.60. The number of carbonyl (C=O) groups excluding carboxylic acids is 2. The maximum atomic E-state index is 14.2. The van der Waals surface area contributed by atoms with Crippen LogP contribution in [0.15, 0.2) is 66.8 Å². The monoisotopic (exact) mass is 493 g/mol. The number of rotatable bonds is 3. The van der Waals surface area contributed by atoms with E-state index in [0.29, 0.717) is 24.8 Å². The molecule has 194 valence electrons. The normalized spacial score (nSPS) is 42.3. The third-order valence-corrected chi connectivity index (χ3v) is 8.43. The molecule has 36 heavy (non-hydrogen) atoms. The van der Waals surface area contributed by atoms with Gasteiger partial charge in [0.15, 0.2) is 0 Å². The van der Waals surface area contributed by atoms with Crippen molar-refractivity contribution in [3.63, 3.8) is 0 Å². The molecule has 3 N–H and O–H groups in total. The summed E-state index contributed by atoms with van der Waals surface area (Å²) in [4.78, 5) is 26.5. The topological polar surface area (TPSA) is 95.9 Å². The molecule has 1 spiro atoms. The number of carbonyl (C=O) groups is 2. The molecule has 9 atom stereocenters. The van der Waals surface area contributed by atoms with E-state index in [0.717, 1.165) is 5.56 Å². The van der Waals surface area contributed by atoms with Gasteiger partial charge >= 0.3 is 5.97 Å². The van der Waals surface area contributed by atoms with E-state index in [4.69, 9.17) is 4.74 Å². The summed E-state index contributed by atoms with van der Waals surface area (Å²) in [5.74, 6) is -1.75. The Balaban J connectivity index is 1.92. The lowest BCUT2D eigenvalue weighted by molar-refractivity contribution is -0.166. The van der Waals surface area contributed by atoms with Crippen molar-refractivity contribution < 1.29 is 24.5 Å². The fraction of sp³-hybridized carbons (Fsp3) is 0.533. The molecule has 6 nitrogen and oxygen atoms in total. The minimum absolute atomic E-state index is 0.170. The van der Waals surface area contributed by atoms with Crippen LogP contribution in [0, 0.1) is 29.1 Å². The highest BCUT2D eigenvalue weighted by Gasteiger charge is 2.68. The number of benzene rings is 1. The molecule has 0 unspecified atom stereocenters. The molecule has 1 aliphatic heterocycles. The van der Waals surface area contributed by atoms with E-state index in [1.165, 1.54) is 6.92 Å². The maximum Gasteiger partial charge on any atom is 0.303 e. The number of ether oxygens (including phenoxy) is 1. The second kappa shape index (κ2) is 9.98. The van der Waals surface area contributed by atoms with E-state index in [1.807, 2.05) is 49.4 Å². The fourth-order valence-electron chi connectivity index (χ4n) is 6.90. The van der Waals surface area contributed by atoms with Crippen LogP contribution in [0.3, 0.4) is 0 Å². The van der Waals surface area contributed by atoms with E-state index in [-0.39, 0.29) is 29.7 Å². The molecule has 4 rings (SSSR count). The Bertz CT molecular complexity index is 1060. The standard InChI is InChI=1S/C30H39NO5/c1-18-10-9-13-23-27(33)20(3)19(2)26-24(16-22-11-7-6-8-12-22)31-28(34)30(23,26)25(36-21(4)32)14-15-29(5,35)17-18/h6-9,11-15,18-19,23-27,33,35H,3,10,16-17H2,1-2,4-5H3,(H,31,34)/b13-9+,15-14+/t18-,19+,23-,24-,25+,26-,27+,29-,30+/m0/s1. The number of esters is 1. The highest BCUT2D eigenvalue weighted by Crippen LogP contribution is 2.58. The Hall–Kier alpha value is -2.70. The molecule has 1 saturated heterocycles. The fourth-order valence-corrected chi connectivity index (χ4v) is 6.90. The first-order valence-corrected chi connectivity index (χ1v) is 12.9. The van der Waals surface area contributed by atoms with Crippen molar-refractivity contribution in [3.8, 4) is 0 Å². The third-order valence-electron chi connectivity index (χ3n) is 8.43. The van der Waals surface area contributed by atoms with Crippen LogP contribution in [0.1, 0.15) is 46.1 Å². The quantitative estimate of drug-likeness (QED) is 0.440. The summed E-state index contributed by atoms with van der Waals surface area (Å²) in [5.41, 5.74) is -0.635. The number of nitrogens with one attached hydrogen (secondary N) is 1. The lowest BCUT2D eigenvalue weighted by atomic mass is 9.51. The summed E-state index contributed by atoms with van der Waals surface area (Å²) in [6, 6.07) is 9.73. The first kappa shape index (κ1) is 26.4. The van der Waals surface area contributed by atoms with Crippen molar-refractivity contribution in [1.29, 1.82) is 0 Å². The first-order valence-electron chi connectivity index (χ1n) is 12.9. The van der Waals surface area contributed by atoms with Gasteiger partial charge in [-0.25, -0.2) is 0 Å². The molecule has 6 heteroatoms. The molecule has 2 aliphatic carbocycles. The summed E-state index contributed by atoms with van der Waals surface area (Å²) >= 11 is 0. The van der Waals surface area contributed by atoms with Gasteiger partial charge in [0, 0.05) is 24.8 Å². The molecule has 3 aliphatic rings. The minimum Gasteiger partial charge on any atom is -0.457 e. The van der Waals surface area contributed by atoms with Gasteiger partial charge in [-0.3, -0.25) is 9.59 Å². The number of hydrogen-bond donors (Lipinski definition) is 3. The number of allylic oxidation sites excluding steroid dienone is 1. The predicted octanol–water partition coefficient (Wildman–Crippen LogP) is 3.74. The van der Waals surface area contributed by atoms with Crippen molar-refractivity contribution >= 4 is 11.9 Å². The summed E-state index contributed by atoms with van der Waals surface area (Å²) in [6.07, 6.45) is 7.09. The number of aliphatic hydroxyl groups is 2. The van der Waals surface area contributed by atoms with Crippen molar-refractivity contribution in [1.82, 2.24) is 5.32 Å². The van der Waals surface area contributed by atoms with Crippen LogP contribution in [-0.4, -0.2) is 45.9 Å².